The Morgan fingerprint density at radius 3 is 2.43 bits per heavy atom. The molecule has 2 aromatic heterocycles. The highest BCUT2D eigenvalue weighted by atomic mass is 16.2. The van der Waals surface area contributed by atoms with E-state index in [2.05, 4.69) is 42.3 Å². The summed E-state index contributed by atoms with van der Waals surface area (Å²) in [6, 6.07) is 13.8. The number of piperazine rings is 1. The third kappa shape index (κ3) is 4.22. The van der Waals surface area contributed by atoms with Crippen LogP contribution in [-0.2, 0) is 6.54 Å². The lowest BCUT2D eigenvalue weighted by Crippen LogP contribution is -2.49. The van der Waals surface area contributed by atoms with Crippen LogP contribution in [0.4, 0.5) is 11.6 Å². The molecule has 8 heteroatoms. The van der Waals surface area contributed by atoms with E-state index < -0.39 is 0 Å². The molecule has 28 heavy (non-hydrogen) atoms. The lowest BCUT2D eigenvalue weighted by atomic mass is 10.2. The molecule has 142 valence electrons. The maximum atomic E-state index is 12.5. The molecule has 0 radical (unpaired) electrons. The quantitative estimate of drug-likeness (QED) is 0.728. The van der Waals surface area contributed by atoms with Gasteiger partial charge in [0, 0.05) is 51.2 Å². The summed E-state index contributed by atoms with van der Waals surface area (Å²) in [6.07, 6.45) is 4.74. The highest BCUT2D eigenvalue weighted by Crippen LogP contribution is 2.17. The zero-order chi connectivity index (χ0) is 19.2. The molecule has 1 N–H and O–H groups in total. The van der Waals surface area contributed by atoms with Crippen LogP contribution in [-0.4, -0.2) is 56.9 Å². The van der Waals surface area contributed by atoms with Crippen LogP contribution in [0.3, 0.4) is 0 Å². The van der Waals surface area contributed by atoms with Gasteiger partial charge in [0.2, 0.25) is 5.82 Å². The fourth-order valence-corrected chi connectivity index (χ4v) is 3.09. The summed E-state index contributed by atoms with van der Waals surface area (Å²) in [6.45, 7) is 3.32. The number of anilines is 2. The van der Waals surface area contributed by atoms with Gasteiger partial charge in [-0.25, -0.2) is 19.9 Å². The van der Waals surface area contributed by atoms with Gasteiger partial charge in [-0.05, 0) is 11.6 Å². The van der Waals surface area contributed by atoms with E-state index in [9.17, 15) is 4.79 Å². The van der Waals surface area contributed by atoms with Crippen molar-refractivity contribution in [1.82, 2.24) is 24.8 Å². The normalized spacial score (nSPS) is 14.0. The van der Waals surface area contributed by atoms with Gasteiger partial charge in [-0.15, -0.1) is 0 Å². The smallest absolute Gasteiger partial charge is 0.291 e. The zero-order valence-electron chi connectivity index (χ0n) is 15.4. The van der Waals surface area contributed by atoms with E-state index in [1.54, 1.807) is 29.7 Å². The first-order valence-corrected chi connectivity index (χ1v) is 9.21. The van der Waals surface area contributed by atoms with Crippen molar-refractivity contribution < 1.29 is 4.79 Å². The number of benzene rings is 1. The van der Waals surface area contributed by atoms with Crippen molar-refractivity contribution in [3.05, 3.63) is 72.6 Å². The van der Waals surface area contributed by atoms with Crippen molar-refractivity contribution in [3.8, 4) is 0 Å². The summed E-state index contributed by atoms with van der Waals surface area (Å²) in [7, 11) is 0. The van der Waals surface area contributed by atoms with Crippen molar-refractivity contribution in [3.63, 3.8) is 0 Å². The molecule has 1 fully saturated rings. The Kier molecular flexibility index (Phi) is 5.37. The summed E-state index contributed by atoms with van der Waals surface area (Å²) in [5.74, 6) is 1.75. The number of hydrogen-bond donors (Lipinski definition) is 1. The van der Waals surface area contributed by atoms with Crippen molar-refractivity contribution in [2.45, 2.75) is 6.54 Å². The summed E-state index contributed by atoms with van der Waals surface area (Å²) >= 11 is 0. The van der Waals surface area contributed by atoms with Gasteiger partial charge in [0.1, 0.15) is 18.0 Å². The molecule has 0 unspecified atom stereocenters. The van der Waals surface area contributed by atoms with Crippen molar-refractivity contribution in [1.29, 1.82) is 0 Å². The van der Waals surface area contributed by atoms with Gasteiger partial charge in [-0.1, -0.05) is 30.3 Å². The lowest BCUT2D eigenvalue weighted by Gasteiger charge is -2.35. The van der Waals surface area contributed by atoms with E-state index in [0.29, 0.717) is 32.7 Å². The molecular weight excluding hydrogens is 354 g/mol. The molecule has 0 spiro atoms. The molecule has 1 amide bonds. The average molecular weight is 375 g/mol. The van der Waals surface area contributed by atoms with Gasteiger partial charge < -0.3 is 15.1 Å². The fraction of sp³-hybridized carbons (Fsp3) is 0.250. The number of hydrogen-bond acceptors (Lipinski definition) is 7. The monoisotopic (exact) mass is 375 g/mol. The molecule has 4 rings (SSSR count). The van der Waals surface area contributed by atoms with Gasteiger partial charge in [0.15, 0.2) is 0 Å². The first-order valence-electron chi connectivity index (χ1n) is 9.21. The van der Waals surface area contributed by atoms with Crippen molar-refractivity contribution in [2.75, 3.05) is 36.4 Å². The topological polar surface area (TPSA) is 87.1 Å². The second-order valence-corrected chi connectivity index (χ2v) is 6.45. The standard InChI is InChI=1S/C20H21N7O/c28-20(19-21-7-4-8-22-19)27-11-9-26(10-12-27)18-13-17(24-15-25-18)23-14-16-5-2-1-3-6-16/h1-8,13,15H,9-12,14H2,(H,23,24,25). The molecule has 3 heterocycles. The molecule has 1 aliphatic rings. The van der Waals surface area contributed by atoms with E-state index in [1.807, 2.05) is 24.3 Å². The van der Waals surface area contributed by atoms with E-state index in [4.69, 9.17) is 0 Å². The minimum absolute atomic E-state index is 0.131. The Labute approximate surface area is 163 Å². The van der Waals surface area contributed by atoms with E-state index >= 15 is 0 Å². The van der Waals surface area contributed by atoms with Crippen LogP contribution in [0.2, 0.25) is 0 Å². The number of amides is 1. The van der Waals surface area contributed by atoms with Crippen LogP contribution in [0.25, 0.3) is 0 Å². The van der Waals surface area contributed by atoms with Crippen LogP contribution >= 0.6 is 0 Å². The number of rotatable bonds is 5. The van der Waals surface area contributed by atoms with Crippen LogP contribution < -0.4 is 10.2 Å². The highest BCUT2D eigenvalue weighted by molar-refractivity contribution is 5.90. The Balaban J connectivity index is 1.35. The van der Waals surface area contributed by atoms with E-state index in [-0.39, 0.29) is 11.7 Å². The zero-order valence-corrected chi connectivity index (χ0v) is 15.4. The summed E-state index contributed by atoms with van der Waals surface area (Å²) < 4.78 is 0. The van der Waals surface area contributed by atoms with E-state index in [0.717, 1.165) is 11.6 Å². The number of nitrogens with one attached hydrogen (secondary N) is 1. The van der Waals surface area contributed by atoms with Crippen molar-refractivity contribution in [2.24, 2.45) is 0 Å². The number of carbonyl (C=O) groups is 1. The van der Waals surface area contributed by atoms with Crippen LogP contribution in [0, 0.1) is 0 Å². The summed E-state index contributed by atoms with van der Waals surface area (Å²) in [4.78, 5) is 33.2. The van der Waals surface area contributed by atoms with Gasteiger partial charge >= 0.3 is 0 Å². The minimum atomic E-state index is -0.131. The molecule has 3 aromatic rings. The molecule has 0 saturated carbocycles. The summed E-state index contributed by atoms with van der Waals surface area (Å²) in [5, 5.41) is 3.33. The maximum Gasteiger partial charge on any atom is 0.291 e. The number of nitrogens with zero attached hydrogens (tertiary/aromatic N) is 6. The molecule has 0 atom stereocenters. The first kappa shape index (κ1) is 17.8. The largest absolute Gasteiger partial charge is 0.366 e. The number of carbonyl (C=O) groups excluding carboxylic acids is 1. The van der Waals surface area contributed by atoms with Gasteiger partial charge in [0.25, 0.3) is 5.91 Å². The van der Waals surface area contributed by atoms with Gasteiger partial charge in [-0.2, -0.15) is 0 Å². The molecule has 1 saturated heterocycles. The third-order valence-electron chi connectivity index (χ3n) is 4.62. The third-order valence-corrected chi connectivity index (χ3v) is 4.62. The molecule has 1 aromatic carbocycles. The van der Waals surface area contributed by atoms with Crippen LogP contribution in [0.15, 0.2) is 61.2 Å². The maximum absolute atomic E-state index is 12.5. The Hall–Kier alpha value is -3.55. The highest BCUT2D eigenvalue weighted by Gasteiger charge is 2.24. The van der Waals surface area contributed by atoms with Gasteiger partial charge in [0.05, 0.1) is 0 Å². The van der Waals surface area contributed by atoms with Gasteiger partial charge in [-0.3, -0.25) is 4.79 Å². The lowest BCUT2D eigenvalue weighted by molar-refractivity contribution is 0.0734. The average Bonchev–Trinajstić information content (AvgIpc) is 2.79. The Bertz CT molecular complexity index is 912. The van der Waals surface area contributed by atoms with Crippen molar-refractivity contribution >= 4 is 17.5 Å². The Morgan fingerprint density at radius 2 is 1.68 bits per heavy atom. The summed E-state index contributed by atoms with van der Waals surface area (Å²) in [5.41, 5.74) is 1.19. The molecule has 1 aliphatic heterocycles. The Morgan fingerprint density at radius 1 is 0.929 bits per heavy atom. The predicted molar refractivity (Wildman–Crippen MR) is 106 cm³/mol. The first-order chi connectivity index (χ1) is 13.8. The number of aromatic nitrogens is 4. The molecular formula is C20H21N7O. The molecule has 0 bridgehead atoms. The molecule has 8 nitrogen and oxygen atoms in total. The fourth-order valence-electron chi connectivity index (χ4n) is 3.09. The SMILES string of the molecule is O=C(c1ncccn1)N1CCN(c2cc(NCc3ccccc3)ncn2)CC1. The second kappa shape index (κ2) is 8.43. The molecule has 0 aliphatic carbocycles. The van der Waals surface area contributed by atoms with E-state index in [1.165, 1.54) is 5.56 Å². The minimum Gasteiger partial charge on any atom is -0.366 e. The van der Waals surface area contributed by atoms with Crippen LogP contribution in [0.5, 0.6) is 0 Å². The second-order valence-electron chi connectivity index (χ2n) is 6.45. The van der Waals surface area contributed by atoms with Crippen LogP contribution in [0.1, 0.15) is 16.2 Å². The predicted octanol–water partition coefficient (Wildman–Crippen LogP) is 1.84.